The van der Waals surface area contributed by atoms with E-state index in [0.29, 0.717) is 43.8 Å². The zero-order valence-electron chi connectivity index (χ0n) is 15.5. The highest BCUT2D eigenvalue weighted by Crippen LogP contribution is 2.37. The van der Waals surface area contributed by atoms with Crippen molar-refractivity contribution in [3.8, 4) is 5.75 Å². The molecule has 1 amide bonds. The van der Waals surface area contributed by atoms with E-state index in [1.54, 1.807) is 12.1 Å². The Bertz CT molecular complexity index is 818. The van der Waals surface area contributed by atoms with Gasteiger partial charge in [0, 0.05) is 16.6 Å². The second-order valence-corrected chi connectivity index (χ2v) is 7.37. The first-order valence-electron chi connectivity index (χ1n) is 8.93. The summed E-state index contributed by atoms with van der Waals surface area (Å²) in [5.41, 5.74) is -3.49. The highest BCUT2D eigenvalue weighted by Gasteiger charge is 2.37. The molecule has 0 atom stereocenters. The minimum atomic E-state index is -4.96. The molecule has 0 aromatic heterocycles. The molecule has 0 bridgehead atoms. The van der Waals surface area contributed by atoms with E-state index in [0.717, 1.165) is 4.47 Å². The van der Waals surface area contributed by atoms with Crippen molar-refractivity contribution in [1.82, 2.24) is 0 Å². The number of rotatable bonds is 8. The smallest absolute Gasteiger partial charge is 0.416 e. The molecule has 1 N–H and O–H groups in total. The van der Waals surface area contributed by atoms with E-state index < -0.39 is 35.1 Å². The maximum Gasteiger partial charge on any atom is 0.416 e. The van der Waals surface area contributed by atoms with Crippen molar-refractivity contribution in [2.24, 2.45) is 0 Å². The summed E-state index contributed by atoms with van der Waals surface area (Å²) in [5.74, 6) is 0.0391. The molecule has 0 unspecified atom stereocenters. The van der Waals surface area contributed by atoms with Crippen LogP contribution in [0.25, 0.3) is 0 Å². The summed E-state index contributed by atoms with van der Waals surface area (Å²) in [7, 11) is 0. The van der Waals surface area contributed by atoms with Crippen molar-refractivity contribution >= 4 is 27.5 Å². The molecule has 2 rings (SSSR count). The molecule has 0 radical (unpaired) electrons. The molecular weight excluding hydrogens is 480 g/mol. The maximum atomic E-state index is 12.8. The van der Waals surface area contributed by atoms with Gasteiger partial charge < -0.3 is 10.1 Å². The minimum absolute atomic E-state index is 0.0150. The SMILES string of the molecule is O=C(CCCCCOc1ccc(Br)cc1)Nc1cc(C(F)(F)F)cc(C(F)(F)F)c1. The van der Waals surface area contributed by atoms with Gasteiger partial charge in [-0.25, -0.2) is 0 Å². The lowest BCUT2D eigenvalue weighted by Gasteiger charge is -2.14. The predicted molar refractivity (Wildman–Crippen MR) is 103 cm³/mol. The topological polar surface area (TPSA) is 38.3 Å². The molecule has 164 valence electrons. The molecule has 0 heterocycles. The highest BCUT2D eigenvalue weighted by atomic mass is 79.9. The lowest BCUT2D eigenvalue weighted by atomic mass is 10.1. The molecule has 30 heavy (non-hydrogen) atoms. The molecule has 0 aliphatic heterocycles. The lowest BCUT2D eigenvalue weighted by Crippen LogP contribution is -2.15. The van der Waals surface area contributed by atoms with Crippen molar-refractivity contribution in [2.75, 3.05) is 11.9 Å². The van der Waals surface area contributed by atoms with E-state index in [1.807, 2.05) is 12.1 Å². The molecule has 0 saturated carbocycles. The summed E-state index contributed by atoms with van der Waals surface area (Å²) in [6, 6.07) is 8.23. The zero-order chi connectivity index (χ0) is 22.4. The largest absolute Gasteiger partial charge is 0.494 e. The fourth-order valence-electron chi connectivity index (χ4n) is 2.54. The molecule has 2 aromatic rings. The van der Waals surface area contributed by atoms with Crippen LogP contribution < -0.4 is 10.1 Å². The molecule has 10 heteroatoms. The first-order chi connectivity index (χ1) is 13.9. The van der Waals surface area contributed by atoms with Crippen LogP contribution in [0.2, 0.25) is 0 Å². The number of nitrogens with one attached hydrogen (secondary N) is 1. The van der Waals surface area contributed by atoms with Gasteiger partial charge in [0.2, 0.25) is 5.91 Å². The summed E-state index contributed by atoms with van der Waals surface area (Å²) in [4.78, 5) is 11.9. The zero-order valence-corrected chi connectivity index (χ0v) is 17.1. The maximum absolute atomic E-state index is 12.8. The van der Waals surface area contributed by atoms with Crippen LogP contribution in [0.15, 0.2) is 46.9 Å². The number of carbonyl (C=O) groups excluding carboxylic acids is 1. The van der Waals surface area contributed by atoms with Crippen LogP contribution in [0.4, 0.5) is 32.0 Å². The van der Waals surface area contributed by atoms with Gasteiger partial charge >= 0.3 is 12.4 Å². The van der Waals surface area contributed by atoms with E-state index in [9.17, 15) is 31.1 Å². The van der Waals surface area contributed by atoms with Crippen LogP contribution in [0.1, 0.15) is 36.8 Å². The minimum Gasteiger partial charge on any atom is -0.494 e. The first kappa shape index (κ1) is 24.0. The molecule has 0 saturated heterocycles. The quantitative estimate of drug-likeness (QED) is 0.313. The number of benzene rings is 2. The standard InChI is InChI=1S/C20H18BrF6NO2/c21-15-5-7-17(8-6-15)30-9-3-1-2-4-18(29)28-16-11-13(19(22,23)24)10-14(12-16)20(25,26)27/h5-8,10-12H,1-4,9H2,(H,28,29). The number of hydrogen-bond acceptors (Lipinski definition) is 2. The van der Waals surface area contributed by atoms with E-state index >= 15 is 0 Å². The fourth-order valence-corrected chi connectivity index (χ4v) is 2.80. The van der Waals surface area contributed by atoms with Crippen LogP contribution in [0.5, 0.6) is 5.75 Å². The monoisotopic (exact) mass is 497 g/mol. The van der Waals surface area contributed by atoms with Gasteiger partial charge in [0.05, 0.1) is 17.7 Å². The normalized spacial score (nSPS) is 12.0. The second-order valence-electron chi connectivity index (χ2n) is 6.46. The van der Waals surface area contributed by atoms with Gasteiger partial charge in [0.15, 0.2) is 0 Å². The van der Waals surface area contributed by atoms with Gasteiger partial charge in [-0.2, -0.15) is 26.3 Å². The lowest BCUT2D eigenvalue weighted by molar-refractivity contribution is -0.143. The number of carbonyl (C=O) groups is 1. The third-order valence-electron chi connectivity index (χ3n) is 4.00. The van der Waals surface area contributed by atoms with Crippen LogP contribution >= 0.6 is 15.9 Å². The number of alkyl halides is 6. The second kappa shape index (κ2) is 10.2. The van der Waals surface area contributed by atoms with Gasteiger partial charge in [-0.15, -0.1) is 0 Å². The van der Waals surface area contributed by atoms with Crippen molar-refractivity contribution in [2.45, 2.75) is 38.0 Å². The first-order valence-corrected chi connectivity index (χ1v) is 9.72. The van der Waals surface area contributed by atoms with Crippen molar-refractivity contribution < 1.29 is 35.9 Å². The van der Waals surface area contributed by atoms with Crippen molar-refractivity contribution in [3.63, 3.8) is 0 Å². The van der Waals surface area contributed by atoms with Gasteiger partial charge in [-0.3, -0.25) is 4.79 Å². The summed E-state index contributed by atoms with van der Waals surface area (Å²) >= 11 is 3.31. The van der Waals surface area contributed by atoms with E-state index in [1.165, 1.54) is 0 Å². The van der Waals surface area contributed by atoms with E-state index in [2.05, 4.69) is 21.2 Å². The molecule has 2 aromatic carbocycles. The molecular formula is C20H18BrF6NO2. The Balaban J connectivity index is 1.82. The number of unbranched alkanes of at least 4 members (excludes halogenated alkanes) is 2. The Morgan fingerprint density at radius 3 is 1.97 bits per heavy atom. The predicted octanol–water partition coefficient (Wildman–Crippen LogP) is 7.06. The number of hydrogen-bond donors (Lipinski definition) is 1. The molecule has 0 aliphatic rings. The van der Waals surface area contributed by atoms with Crippen LogP contribution in [0.3, 0.4) is 0 Å². The van der Waals surface area contributed by atoms with Crippen LogP contribution in [-0.2, 0) is 17.1 Å². The van der Waals surface area contributed by atoms with Gasteiger partial charge in [0.1, 0.15) is 5.75 Å². The number of amides is 1. The number of anilines is 1. The summed E-state index contributed by atoms with van der Waals surface area (Å²) in [6.07, 6.45) is -8.28. The van der Waals surface area contributed by atoms with E-state index in [-0.39, 0.29) is 12.5 Å². The van der Waals surface area contributed by atoms with Gasteiger partial charge in [-0.1, -0.05) is 15.9 Å². The highest BCUT2D eigenvalue weighted by molar-refractivity contribution is 9.10. The third-order valence-corrected chi connectivity index (χ3v) is 4.53. The Labute approximate surface area is 177 Å². The van der Waals surface area contributed by atoms with Gasteiger partial charge in [0.25, 0.3) is 0 Å². The summed E-state index contributed by atoms with van der Waals surface area (Å²) < 4.78 is 83.5. The summed E-state index contributed by atoms with van der Waals surface area (Å²) in [6.45, 7) is 0.422. The molecule has 0 spiro atoms. The van der Waals surface area contributed by atoms with E-state index in [4.69, 9.17) is 4.74 Å². The number of ether oxygens (including phenoxy) is 1. The third kappa shape index (κ3) is 7.89. The number of halogens is 7. The van der Waals surface area contributed by atoms with Crippen LogP contribution in [0, 0.1) is 0 Å². The van der Waals surface area contributed by atoms with Crippen LogP contribution in [-0.4, -0.2) is 12.5 Å². The summed E-state index contributed by atoms with van der Waals surface area (Å²) in [5, 5.41) is 2.11. The average molecular weight is 498 g/mol. The fraction of sp³-hybridized carbons (Fsp3) is 0.350. The molecule has 0 fully saturated rings. The average Bonchev–Trinajstić information content (AvgIpc) is 2.64. The Hall–Kier alpha value is -2.23. The van der Waals surface area contributed by atoms with Crippen molar-refractivity contribution in [1.29, 1.82) is 0 Å². The Kier molecular flexibility index (Phi) is 8.17. The van der Waals surface area contributed by atoms with Crippen molar-refractivity contribution in [3.05, 3.63) is 58.1 Å². The molecule has 0 aliphatic carbocycles. The van der Waals surface area contributed by atoms with Gasteiger partial charge in [-0.05, 0) is 61.7 Å². The Morgan fingerprint density at radius 2 is 1.43 bits per heavy atom. The Morgan fingerprint density at radius 1 is 0.867 bits per heavy atom. The molecule has 3 nitrogen and oxygen atoms in total.